The van der Waals surface area contributed by atoms with Crippen LogP contribution in [0.2, 0.25) is 0 Å². The number of nitrogens with zero attached hydrogens (tertiary/aromatic N) is 4. The van der Waals surface area contributed by atoms with Gasteiger partial charge in [-0.2, -0.15) is 4.98 Å². The van der Waals surface area contributed by atoms with Crippen molar-refractivity contribution in [1.29, 1.82) is 0 Å². The highest BCUT2D eigenvalue weighted by molar-refractivity contribution is 5.83. The van der Waals surface area contributed by atoms with Crippen LogP contribution in [-0.4, -0.2) is 65.7 Å². The minimum Gasteiger partial charge on any atom is -0.494 e. The minimum absolute atomic E-state index is 0.124. The maximum Gasteiger partial charge on any atom is 0.324 e. The Morgan fingerprint density at radius 2 is 2.00 bits per heavy atom. The molecular weight excluding hydrogens is 492 g/mol. The molecule has 3 aliphatic rings. The van der Waals surface area contributed by atoms with Crippen molar-refractivity contribution >= 4 is 11.9 Å². The summed E-state index contributed by atoms with van der Waals surface area (Å²) in [7, 11) is 0. The second-order valence-electron chi connectivity index (χ2n) is 11.5. The topological polar surface area (TPSA) is 83.7 Å². The van der Waals surface area contributed by atoms with Crippen LogP contribution < -0.4 is 15.0 Å². The number of fused-ring (bicyclic) bond motifs is 1. The van der Waals surface area contributed by atoms with Crippen molar-refractivity contribution in [2.45, 2.75) is 77.3 Å². The number of piperidine rings is 1. The molecule has 0 unspecified atom stereocenters. The van der Waals surface area contributed by atoms with Gasteiger partial charge in [0.2, 0.25) is 5.91 Å². The van der Waals surface area contributed by atoms with Crippen LogP contribution >= 0.6 is 0 Å². The van der Waals surface area contributed by atoms with Crippen LogP contribution in [0.5, 0.6) is 5.75 Å². The van der Waals surface area contributed by atoms with E-state index in [-0.39, 0.29) is 24.8 Å². The van der Waals surface area contributed by atoms with Crippen molar-refractivity contribution in [1.82, 2.24) is 20.4 Å². The van der Waals surface area contributed by atoms with E-state index >= 15 is 0 Å². The number of anilines is 1. The van der Waals surface area contributed by atoms with Crippen LogP contribution in [0.3, 0.4) is 0 Å². The van der Waals surface area contributed by atoms with E-state index < -0.39 is 18.5 Å². The summed E-state index contributed by atoms with van der Waals surface area (Å²) in [6.45, 7) is 9.11. The first kappa shape index (κ1) is 26.8. The van der Waals surface area contributed by atoms with Crippen molar-refractivity contribution in [2.24, 2.45) is 11.8 Å². The molecule has 8 nitrogen and oxygen atoms in total. The standard InChI is InChI=1S/C28H39F2N5O3/c1-18(2)25-32-27(38-33-25)34-10-6-20(7-11-34)19(3)8-13-37-23-5-4-21-15-24(31-16-22(21)14-23)26(36)35-12-9-28(29,30)17-35/h4-5,14,18-20,24,31H,6-13,15-17H2,1-3H3/t19-,24+/m1/s1. The number of carbonyl (C=O) groups excluding carboxylic acids is 1. The van der Waals surface area contributed by atoms with Gasteiger partial charge in [0.05, 0.1) is 19.2 Å². The van der Waals surface area contributed by atoms with Crippen LogP contribution in [0.4, 0.5) is 14.8 Å². The Hall–Kier alpha value is -2.75. The van der Waals surface area contributed by atoms with Gasteiger partial charge in [-0.15, -0.1) is 0 Å². The smallest absolute Gasteiger partial charge is 0.324 e. The lowest BCUT2D eigenvalue weighted by Crippen LogP contribution is -2.49. The van der Waals surface area contributed by atoms with E-state index in [1.54, 1.807) is 0 Å². The molecule has 2 aromatic rings. The molecule has 0 aliphatic carbocycles. The van der Waals surface area contributed by atoms with Crippen LogP contribution in [0.1, 0.15) is 69.3 Å². The van der Waals surface area contributed by atoms with Crippen molar-refractivity contribution in [2.75, 3.05) is 37.7 Å². The fourth-order valence-corrected chi connectivity index (χ4v) is 5.75. The van der Waals surface area contributed by atoms with Crippen molar-refractivity contribution in [3.63, 3.8) is 0 Å². The highest BCUT2D eigenvalue weighted by Crippen LogP contribution is 2.31. The molecule has 0 bridgehead atoms. The zero-order valence-electron chi connectivity index (χ0n) is 22.6. The van der Waals surface area contributed by atoms with E-state index in [0.29, 0.717) is 37.4 Å². The van der Waals surface area contributed by atoms with Crippen LogP contribution in [0.15, 0.2) is 22.7 Å². The highest BCUT2D eigenvalue weighted by Gasteiger charge is 2.42. The molecule has 208 valence electrons. The van der Waals surface area contributed by atoms with Gasteiger partial charge >= 0.3 is 6.01 Å². The Balaban J connectivity index is 1.05. The number of carbonyl (C=O) groups is 1. The lowest BCUT2D eigenvalue weighted by atomic mass is 9.84. The second kappa shape index (κ2) is 11.2. The average molecular weight is 532 g/mol. The Morgan fingerprint density at radius 3 is 2.68 bits per heavy atom. The molecular formula is C28H39F2N5O3. The molecule has 0 spiro atoms. The summed E-state index contributed by atoms with van der Waals surface area (Å²) in [5.74, 6) is 0.0364. The number of benzene rings is 1. The maximum atomic E-state index is 13.5. The van der Waals surface area contributed by atoms with Gasteiger partial charge in [-0.3, -0.25) is 4.79 Å². The molecule has 1 N–H and O–H groups in total. The zero-order chi connectivity index (χ0) is 26.9. The molecule has 2 fully saturated rings. The lowest BCUT2D eigenvalue weighted by Gasteiger charge is -2.33. The number of rotatable bonds is 8. The van der Waals surface area contributed by atoms with Gasteiger partial charge < -0.3 is 24.4 Å². The van der Waals surface area contributed by atoms with E-state index in [1.807, 2.05) is 18.2 Å². The van der Waals surface area contributed by atoms with E-state index in [4.69, 9.17) is 9.26 Å². The van der Waals surface area contributed by atoms with Gasteiger partial charge in [-0.1, -0.05) is 32.0 Å². The number of aromatic nitrogens is 2. The molecule has 0 radical (unpaired) electrons. The Labute approximate surface area is 223 Å². The molecule has 1 amide bonds. The summed E-state index contributed by atoms with van der Waals surface area (Å²) in [4.78, 5) is 20.7. The van der Waals surface area contributed by atoms with Gasteiger partial charge in [0, 0.05) is 38.5 Å². The van der Waals surface area contributed by atoms with E-state index in [2.05, 4.69) is 41.1 Å². The van der Waals surface area contributed by atoms with Crippen molar-refractivity contribution < 1.29 is 22.8 Å². The van der Waals surface area contributed by atoms with Crippen molar-refractivity contribution in [3.8, 4) is 5.75 Å². The highest BCUT2D eigenvalue weighted by atomic mass is 19.3. The second-order valence-corrected chi connectivity index (χ2v) is 11.5. The molecule has 0 saturated carbocycles. The largest absolute Gasteiger partial charge is 0.494 e. The molecule has 2 saturated heterocycles. The molecule has 2 atom stereocenters. The molecule has 3 aliphatic heterocycles. The Kier molecular flexibility index (Phi) is 7.88. The summed E-state index contributed by atoms with van der Waals surface area (Å²) in [6, 6.07) is 6.18. The lowest BCUT2D eigenvalue weighted by molar-refractivity contribution is -0.134. The molecule has 38 heavy (non-hydrogen) atoms. The van der Waals surface area contributed by atoms with E-state index in [1.165, 1.54) is 4.90 Å². The fraction of sp³-hybridized carbons (Fsp3) is 0.679. The van der Waals surface area contributed by atoms with Crippen molar-refractivity contribution in [3.05, 3.63) is 35.2 Å². The average Bonchev–Trinajstić information content (AvgIpc) is 3.55. The number of ether oxygens (including phenoxy) is 1. The third-order valence-corrected chi connectivity index (χ3v) is 8.32. The summed E-state index contributed by atoms with van der Waals surface area (Å²) < 4.78 is 38.6. The zero-order valence-corrected chi connectivity index (χ0v) is 22.6. The Morgan fingerprint density at radius 1 is 1.21 bits per heavy atom. The first-order chi connectivity index (χ1) is 18.2. The first-order valence-electron chi connectivity index (χ1n) is 13.9. The summed E-state index contributed by atoms with van der Waals surface area (Å²) in [5.41, 5.74) is 2.17. The van der Waals surface area contributed by atoms with Crippen LogP contribution in [0.25, 0.3) is 0 Å². The summed E-state index contributed by atoms with van der Waals surface area (Å²) >= 11 is 0. The number of amides is 1. The molecule has 5 rings (SSSR count). The predicted octanol–water partition coefficient (Wildman–Crippen LogP) is 4.40. The van der Waals surface area contributed by atoms with Gasteiger partial charge in [0.1, 0.15) is 5.75 Å². The molecule has 1 aromatic heterocycles. The quantitative estimate of drug-likeness (QED) is 0.541. The summed E-state index contributed by atoms with van der Waals surface area (Å²) in [6.07, 6.45) is 3.43. The van der Waals surface area contributed by atoms with Crippen LogP contribution in [0, 0.1) is 11.8 Å². The van der Waals surface area contributed by atoms with E-state index in [0.717, 1.165) is 55.1 Å². The number of nitrogens with one attached hydrogen (secondary N) is 1. The predicted molar refractivity (Wildman–Crippen MR) is 140 cm³/mol. The van der Waals surface area contributed by atoms with Crippen LogP contribution in [-0.2, 0) is 17.8 Å². The van der Waals surface area contributed by atoms with Gasteiger partial charge in [-0.25, -0.2) is 8.78 Å². The third-order valence-electron chi connectivity index (χ3n) is 8.32. The SMILES string of the molecule is CC(C)c1noc(N2CCC([C@H](C)CCOc3ccc4c(c3)CN[C@H](C(=O)N3CCC(F)(F)C3)C4)CC2)n1. The van der Waals surface area contributed by atoms with Gasteiger partial charge in [0.15, 0.2) is 5.82 Å². The number of hydrogen-bond acceptors (Lipinski definition) is 7. The fourth-order valence-electron chi connectivity index (χ4n) is 5.75. The van der Waals surface area contributed by atoms with E-state index in [9.17, 15) is 13.6 Å². The monoisotopic (exact) mass is 531 g/mol. The molecule has 4 heterocycles. The van der Waals surface area contributed by atoms with Gasteiger partial charge in [0.25, 0.3) is 5.92 Å². The number of halogens is 2. The first-order valence-corrected chi connectivity index (χ1v) is 13.9. The number of alkyl halides is 2. The number of likely N-dealkylation sites (tertiary alicyclic amines) is 1. The normalized spacial score (nSPS) is 22.5. The third kappa shape index (κ3) is 6.11. The summed E-state index contributed by atoms with van der Waals surface area (Å²) in [5, 5.41) is 7.32. The van der Waals surface area contributed by atoms with Gasteiger partial charge in [-0.05, 0) is 60.8 Å². The molecule has 10 heteroatoms. The number of hydrogen-bond donors (Lipinski definition) is 1. The Bertz CT molecular complexity index is 1120. The molecule has 1 aromatic carbocycles. The minimum atomic E-state index is -2.77. The maximum absolute atomic E-state index is 13.5.